The minimum absolute atomic E-state index is 0.00260. The van der Waals surface area contributed by atoms with Crippen LogP contribution in [0.3, 0.4) is 0 Å². The van der Waals surface area contributed by atoms with E-state index in [1.54, 1.807) is 28.0 Å². The molecule has 0 radical (unpaired) electrons. The number of thioether (sulfide) groups is 1. The average Bonchev–Trinajstić information content (AvgIpc) is 3.08. The van der Waals surface area contributed by atoms with Crippen molar-refractivity contribution in [2.75, 3.05) is 18.1 Å². The number of hydrogen-bond acceptors (Lipinski definition) is 5. The molecule has 6 nitrogen and oxygen atoms in total. The Bertz CT molecular complexity index is 963. The van der Waals surface area contributed by atoms with Crippen LogP contribution in [0.4, 0.5) is 5.69 Å². The number of benzene rings is 2. The van der Waals surface area contributed by atoms with Gasteiger partial charge in [-0.25, -0.2) is 0 Å². The van der Waals surface area contributed by atoms with Crippen LogP contribution in [0, 0.1) is 0 Å². The van der Waals surface area contributed by atoms with Crippen molar-refractivity contribution in [1.29, 1.82) is 0 Å². The Kier molecular flexibility index (Phi) is 3.62. The highest BCUT2D eigenvalue weighted by Crippen LogP contribution is 2.56. The van der Waals surface area contributed by atoms with Crippen molar-refractivity contribution in [2.24, 2.45) is 0 Å². The van der Waals surface area contributed by atoms with E-state index in [0.717, 1.165) is 16.1 Å². The summed E-state index contributed by atoms with van der Waals surface area (Å²) in [6.45, 7) is 1.19. The van der Waals surface area contributed by atoms with E-state index in [1.807, 2.05) is 24.3 Å². The summed E-state index contributed by atoms with van der Waals surface area (Å²) in [5.74, 6) is 0.683. The SMILES string of the molecule is O=C1CCC2(C(=O)N3CCOc4cc(O)ccc4C3)Sc3ccccc3N12. The lowest BCUT2D eigenvalue weighted by molar-refractivity contribution is -0.135. The van der Waals surface area contributed by atoms with Gasteiger partial charge in [0.25, 0.3) is 5.91 Å². The van der Waals surface area contributed by atoms with Crippen LogP contribution in [0.25, 0.3) is 0 Å². The number of phenols is 1. The minimum Gasteiger partial charge on any atom is -0.508 e. The number of para-hydroxylation sites is 1. The van der Waals surface area contributed by atoms with Gasteiger partial charge in [0.05, 0.1) is 12.2 Å². The van der Waals surface area contributed by atoms with Gasteiger partial charge >= 0.3 is 0 Å². The second kappa shape index (κ2) is 5.92. The molecule has 5 rings (SSSR count). The lowest BCUT2D eigenvalue weighted by Crippen LogP contribution is -2.54. The zero-order valence-electron chi connectivity index (χ0n) is 14.6. The minimum atomic E-state index is -0.901. The molecule has 2 aromatic rings. The highest BCUT2D eigenvalue weighted by molar-refractivity contribution is 8.02. The fourth-order valence-corrected chi connectivity index (χ4v) is 5.55. The molecule has 138 valence electrons. The molecule has 3 heterocycles. The summed E-state index contributed by atoms with van der Waals surface area (Å²) >= 11 is 1.48. The van der Waals surface area contributed by atoms with Gasteiger partial charge in [0.2, 0.25) is 5.91 Å². The van der Waals surface area contributed by atoms with Gasteiger partial charge in [0, 0.05) is 29.5 Å². The molecule has 0 spiro atoms. The van der Waals surface area contributed by atoms with Crippen molar-refractivity contribution in [2.45, 2.75) is 29.2 Å². The summed E-state index contributed by atoms with van der Waals surface area (Å²) in [5.41, 5.74) is 1.68. The molecule has 1 N–H and O–H groups in total. The van der Waals surface area contributed by atoms with Crippen LogP contribution in [-0.2, 0) is 16.1 Å². The summed E-state index contributed by atoms with van der Waals surface area (Å²) < 4.78 is 5.72. The summed E-state index contributed by atoms with van der Waals surface area (Å²) in [6.07, 6.45) is 0.881. The topological polar surface area (TPSA) is 70.1 Å². The maximum absolute atomic E-state index is 13.7. The normalized spacial score (nSPS) is 23.3. The largest absolute Gasteiger partial charge is 0.508 e. The van der Waals surface area contributed by atoms with Crippen LogP contribution in [0.1, 0.15) is 18.4 Å². The van der Waals surface area contributed by atoms with Crippen LogP contribution < -0.4 is 9.64 Å². The standard InChI is InChI=1S/C20H18N2O4S/c23-14-6-5-13-12-21(9-10-26-16(13)11-14)19(25)20-8-7-18(24)22(20)15-3-1-2-4-17(15)27-20/h1-6,11,23H,7-10,12H2. The van der Waals surface area contributed by atoms with Gasteiger partial charge in [0.15, 0.2) is 4.87 Å². The maximum atomic E-state index is 13.7. The first-order valence-electron chi connectivity index (χ1n) is 8.94. The Morgan fingerprint density at radius 1 is 1.22 bits per heavy atom. The monoisotopic (exact) mass is 382 g/mol. The number of fused-ring (bicyclic) bond motifs is 4. The van der Waals surface area contributed by atoms with Crippen molar-refractivity contribution >= 4 is 29.3 Å². The van der Waals surface area contributed by atoms with Crippen LogP contribution in [0.15, 0.2) is 47.4 Å². The van der Waals surface area contributed by atoms with Crippen molar-refractivity contribution < 1.29 is 19.4 Å². The number of rotatable bonds is 1. The van der Waals surface area contributed by atoms with Crippen LogP contribution in [0.5, 0.6) is 11.5 Å². The number of hydrogen-bond donors (Lipinski definition) is 1. The van der Waals surface area contributed by atoms with Gasteiger partial charge in [-0.3, -0.25) is 14.5 Å². The molecule has 7 heteroatoms. The molecular weight excluding hydrogens is 364 g/mol. The van der Waals surface area contributed by atoms with Gasteiger partial charge in [-0.05, 0) is 30.7 Å². The third-order valence-electron chi connectivity index (χ3n) is 5.33. The number of carbonyl (C=O) groups is 2. The number of aromatic hydroxyl groups is 1. The van der Waals surface area contributed by atoms with E-state index >= 15 is 0 Å². The third-order valence-corrected chi connectivity index (χ3v) is 6.79. The van der Waals surface area contributed by atoms with E-state index in [1.165, 1.54) is 11.8 Å². The van der Waals surface area contributed by atoms with Crippen LogP contribution in [0.2, 0.25) is 0 Å². The zero-order valence-corrected chi connectivity index (χ0v) is 15.4. The lowest BCUT2D eigenvalue weighted by Gasteiger charge is -2.34. The highest BCUT2D eigenvalue weighted by atomic mass is 32.2. The van der Waals surface area contributed by atoms with Crippen molar-refractivity contribution in [1.82, 2.24) is 4.90 Å². The van der Waals surface area contributed by atoms with Gasteiger partial charge in [0.1, 0.15) is 18.1 Å². The molecule has 27 heavy (non-hydrogen) atoms. The summed E-state index contributed by atoms with van der Waals surface area (Å²) in [6, 6.07) is 12.6. The predicted molar refractivity (Wildman–Crippen MR) is 101 cm³/mol. The molecule has 0 saturated carbocycles. The molecule has 0 aliphatic carbocycles. The first-order chi connectivity index (χ1) is 13.1. The van der Waals surface area contributed by atoms with Crippen molar-refractivity contribution in [3.8, 4) is 11.5 Å². The van der Waals surface area contributed by atoms with Crippen molar-refractivity contribution in [3.05, 3.63) is 48.0 Å². The van der Waals surface area contributed by atoms with E-state index < -0.39 is 4.87 Å². The number of amides is 2. The van der Waals surface area contributed by atoms with Crippen LogP contribution >= 0.6 is 11.8 Å². The summed E-state index contributed by atoms with van der Waals surface area (Å²) in [5, 5.41) is 9.67. The Morgan fingerprint density at radius 3 is 2.96 bits per heavy atom. The highest BCUT2D eigenvalue weighted by Gasteiger charge is 2.58. The van der Waals surface area contributed by atoms with Crippen LogP contribution in [-0.4, -0.2) is 39.8 Å². The average molecular weight is 382 g/mol. The Morgan fingerprint density at radius 2 is 2.07 bits per heavy atom. The predicted octanol–water partition coefficient (Wildman–Crippen LogP) is 2.74. The molecule has 2 aromatic carbocycles. The molecule has 3 aliphatic rings. The lowest BCUT2D eigenvalue weighted by atomic mass is 10.1. The molecule has 1 atom stereocenters. The fraction of sp³-hybridized carbons (Fsp3) is 0.300. The van der Waals surface area contributed by atoms with Gasteiger partial charge in [-0.1, -0.05) is 23.9 Å². The quantitative estimate of drug-likeness (QED) is 0.821. The molecule has 1 unspecified atom stereocenters. The first-order valence-corrected chi connectivity index (χ1v) is 9.75. The van der Waals surface area contributed by atoms with Crippen molar-refractivity contribution in [3.63, 3.8) is 0 Å². The molecule has 2 amide bonds. The number of carbonyl (C=O) groups excluding carboxylic acids is 2. The second-order valence-electron chi connectivity index (χ2n) is 6.95. The molecular formula is C20H18N2O4S. The first kappa shape index (κ1) is 16.5. The smallest absolute Gasteiger partial charge is 0.260 e. The fourth-order valence-electron chi connectivity index (χ4n) is 4.06. The number of nitrogens with zero attached hydrogens (tertiary/aromatic N) is 2. The summed E-state index contributed by atoms with van der Waals surface area (Å²) in [4.78, 5) is 29.8. The summed E-state index contributed by atoms with van der Waals surface area (Å²) in [7, 11) is 0. The zero-order chi connectivity index (χ0) is 18.6. The molecule has 1 fully saturated rings. The number of ether oxygens (including phenoxy) is 1. The van der Waals surface area contributed by atoms with Gasteiger partial charge < -0.3 is 14.7 Å². The van der Waals surface area contributed by atoms with E-state index in [9.17, 15) is 14.7 Å². The Hall–Kier alpha value is -2.67. The van der Waals surface area contributed by atoms with E-state index in [4.69, 9.17) is 4.74 Å². The third kappa shape index (κ3) is 2.41. The van der Waals surface area contributed by atoms with E-state index in [-0.39, 0.29) is 17.6 Å². The molecule has 3 aliphatic heterocycles. The Labute approximate surface area is 160 Å². The van der Waals surface area contributed by atoms with E-state index in [0.29, 0.717) is 38.3 Å². The maximum Gasteiger partial charge on any atom is 0.260 e. The molecule has 0 aromatic heterocycles. The Balaban J connectivity index is 1.50. The molecule has 0 bridgehead atoms. The number of anilines is 1. The number of phenolic OH excluding ortho intramolecular Hbond substituents is 1. The van der Waals surface area contributed by atoms with E-state index in [2.05, 4.69) is 0 Å². The second-order valence-corrected chi connectivity index (χ2v) is 8.27. The van der Waals surface area contributed by atoms with Gasteiger partial charge in [-0.15, -0.1) is 0 Å². The molecule has 1 saturated heterocycles. The van der Waals surface area contributed by atoms with Gasteiger partial charge in [-0.2, -0.15) is 0 Å².